The molecule has 0 saturated heterocycles. The number of hydrogen-bond donors (Lipinski definition) is 2. The van der Waals surface area contributed by atoms with E-state index in [1.165, 1.54) is 4.57 Å². The van der Waals surface area contributed by atoms with Crippen LogP contribution in [0.15, 0.2) is 89.3 Å². The van der Waals surface area contributed by atoms with Crippen molar-refractivity contribution in [2.24, 2.45) is 0 Å². The van der Waals surface area contributed by atoms with Gasteiger partial charge >= 0.3 is 0 Å². The largest absolute Gasteiger partial charge is 0.756 e. The van der Waals surface area contributed by atoms with Crippen LogP contribution in [0.25, 0.3) is 11.1 Å². The fourth-order valence-corrected chi connectivity index (χ4v) is 4.05. The molecule has 0 aliphatic carbocycles. The fraction of sp³-hybridized carbons (Fsp3) is 0.0952. The first-order chi connectivity index (χ1) is 15.4. The van der Waals surface area contributed by atoms with Crippen LogP contribution in [-0.2, 0) is 22.4 Å². The molecular weight excluding hydrogens is 449 g/mol. The lowest BCUT2D eigenvalue weighted by Crippen LogP contribution is -2.38. The molecule has 1 atom stereocenters. The van der Waals surface area contributed by atoms with Gasteiger partial charge in [-0.1, -0.05) is 36.0 Å². The molecule has 4 rings (SSSR count). The summed E-state index contributed by atoms with van der Waals surface area (Å²) in [5, 5.41) is 5.30. The third-order valence-corrected chi connectivity index (χ3v) is 5.93. The number of phosphoric acid groups is 1. The van der Waals surface area contributed by atoms with Crippen molar-refractivity contribution in [2.45, 2.75) is 23.2 Å². The van der Waals surface area contributed by atoms with E-state index in [1.54, 1.807) is 41.0 Å². The normalized spacial score (nSPS) is 13.1. The lowest BCUT2D eigenvalue weighted by molar-refractivity contribution is -0.712. The van der Waals surface area contributed by atoms with Gasteiger partial charge in [0.1, 0.15) is 5.03 Å². The van der Waals surface area contributed by atoms with Crippen LogP contribution in [0, 0.1) is 0 Å². The number of phosphoric ester groups is 1. The summed E-state index contributed by atoms with van der Waals surface area (Å²) in [4.78, 5) is 25.3. The van der Waals surface area contributed by atoms with Gasteiger partial charge < -0.3 is 9.79 Å². The number of pyridine rings is 2. The molecule has 4 aromatic rings. The van der Waals surface area contributed by atoms with Crippen molar-refractivity contribution in [3.05, 3.63) is 84.9 Å². The second-order valence-corrected chi connectivity index (χ2v) is 9.14. The van der Waals surface area contributed by atoms with Crippen molar-refractivity contribution in [1.29, 1.82) is 0 Å². The summed E-state index contributed by atoms with van der Waals surface area (Å²) >= 11 is 1.60. The number of nitrogen functional groups attached to an aromatic ring is 1. The molecular formula is C21H20N5O4PS. The average molecular weight is 469 g/mol. The average Bonchev–Trinajstić information content (AvgIpc) is 3.23. The molecule has 0 fully saturated rings. The standard InChI is InChI=1S/C21H20N5O4PS/c22-21-19(7-4-10-25(21)15-30-31(27,28)29)17-12-24-26(14-17)13-16-8-9-20(23-11-16)32-18-5-2-1-3-6-18/h1-12,14,22H,13,15H2,(H2,27,28,29). The summed E-state index contributed by atoms with van der Waals surface area (Å²) in [5.74, 6) is 0.282. The number of nitrogens with zero attached hydrogens (tertiary/aromatic N) is 4. The first-order valence-corrected chi connectivity index (χ1v) is 11.9. The van der Waals surface area contributed by atoms with Gasteiger partial charge in [0.25, 0.3) is 13.6 Å². The van der Waals surface area contributed by atoms with Gasteiger partial charge in [0.05, 0.1) is 24.5 Å². The number of hydrogen-bond acceptors (Lipinski definition) is 7. The van der Waals surface area contributed by atoms with E-state index in [4.69, 9.17) is 10.6 Å². The molecule has 0 saturated carbocycles. The molecule has 164 valence electrons. The predicted octanol–water partition coefficient (Wildman–Crippen LogP) is 2.45. The molecule has 3 heterocycles. The predicted molar refractivity (Wildman–Crippen MR) is 117 cm³/mol. The Labute approximate surface area is 188 Å². The van der Waals surface area contributed by atoms with Crippen LogP contribution in [0.1, 0.15) is 5.56 Å². The lowest BCUT2D eigenvalue weighted by atomic mass is 10.1. The van der Waals surface area contributed by atoms with Crippen LogP contribution < -0.4 is 15.2 Å². The smallest absolute Gasteiger partial charge is 0.282 e. The van der Waals surface area contributed by atoms with E-state index in [-0.39, 0.29) is 5.82 Å². The molecule has 32 heavy (non-hydrogen) atoms. The van der Waals surface area contributed by atoms with Gasteiger partial charge in [-0.2, -0.15) is 5.10 Å². The third kappa shape index (κ3) is 5.82. The van der Waals surface area contributed by atoms with Gasteiger partial charge in [0, 0.05) is 22.9 Å². The van der Waals surface area contributed by atoms with E-state index in [2.05, 4.69) is 14.6 Å². The zero-order valence-corrected chi connectivity index (χ0v) is 18.5. The molecule has 1 unspecified atom stereocenters. The molecule has 9 nitrogen and oxygen atoms in total. The van der Waals surface area contributed by atoms with Crippen molar-refractivity contribution in [3.8, 4) is 11.1 Å². The quantitative estimate of drug-likeness (QED) is 0.297. The second kappa shape index (κ2) is 9.64. The molecule has 0 bridgehead atoms. The van der Waals surface area contributed by atoms with Crippen molar-refractivity contribution < 1.29 is 23.4 Å². The van der Waals surface area contributed by atoms with Crippen molar-refractivity contribution in [1.82, 2.24) is 14.8 Å². The molecule has 0 spiro atoms. The number of nitrogens with two attached hydrogens (primary N) is 1. The van der Waals surface area contributed by atoms with E-state index in [9.17, 15) is 9.46 Å². The summed E-state index contributed by atoms with van der Waals surface area (Å²) in [5.41, 5.74) is 8.56. The zero-order valence-electron chi connectivity index (χ0n) is 16.8. The van der Waals surface area contributed by atoms with Crippen LogP contribution >= 0.6 is 19.6 Å². The van der Waals surface area contributed by atoms with E-state index in [1.807, 2.05) is 54.9 Å². The molecule has 1 aromatic carbocycles. The monoisotopic (exact) mass is 469 g/mol. The Morgan fingerprint density at radius 1 is 1.16 bits per heavy atom. The molecule has 3 N–H and O–H groups in total. The van der Waals surface area contributed by atoms with E-state index >= 15 is 0 Å². The Morgan fingerprint density at radius 3 is 2.69 bits per heavy atom. The summed E-state index contributed by atoms with van der Waals surface area (Å²) < 4.78 is 18.4. The van der Waals surface area contributed by atoms with Crippen LogP contribution in [0.5, 0.6) is 0 Å². The van der Waals surface area contributed by atoms with Gasteiger partial charge in [0.15, 0.2) is 6.73 Å². The maximum Gasteiger partial charge on any atom is 0.282 e. The Balaban J connectivity index is 1.45. The van der Waals surface area contributed by atoms with E-state index < -0.39 is 14.6 Å². The van der Waals surface area contributed by atoms with E-state index in [0.29, 0.717) is 12.1 Å². The van der Waals surface area contributed by atoms with E-state index in [0.717, 1.165) is 21.0 Å². The number of rotatable bonds is 8. The third-order valence-electron chi connectivity index (χ3n) is 4.53. The first-order valence-electron chi connectivity index (χ1n) is 9.54. The van der Waals surface area contributed by atoms with Crippen molar-refractivity contribution >= 4 is 25.4 Å². The Kier molecular flexibility index (Phi) is 6.69. The van der Waals surface area contributed by atoms with Gasteiger partial charge in [-0.3, -0.25) is 19.5 Å². The zero-order chi connectivity index (χ0) is 22.6. The number of benzene rings is 1. The Morgan fingerprint density at radius 2 is 1.97 bits per heavy atom. The van der Waals surface area contributed by atoms with Crippen molar-refractivity contribution in [2.75, 3.05) is 5.73 Å². The van der Waals surface area contributed by atoms with Gasteiger partial charge in [-0.05, 0) is 35.9 Å². The van der Waals surface area contributed by atoms with Gasteiger partial charge in [-0.15, -0.1) is 0 Å². The minimum absolute atomic E-state index is 0.282. The van der Waals surface area contributed by atoms with Gasteiger partial charge in [-0.25, -0.2) is 9.55 Å². The van der Waals surface area contributed by atoms with Crippen LogP contribution in [0.3, 0.4) is 0 Å². The molecule has 11 heteroatoms. The van der Waals surface area contributed by atoms with Crippen LogP contribution in [0.4, 0.5) is 5.82 Å². The topological polar surface area (TPSA) is 130 Å². The molecule has 0 aliphatic heterocycles. The maximum atomic E-state index is 10.8. The summed E-state index contributed by atoms with van der Waals surface area (Å²) in [6.07, 6.45) is 6.90. The highest BCUT2D eigenvalue weighted by molar-refractivity contribution is 7.99. The minimum Gasteiger partial charge on any atom is -0.756 e. The van der Waals surface area contributed by atoms with Crippen molar-refractivity contribution in [3.63, 3.8) is 0 Å². The minimum atomic E-state index is -4.85. The Bertz CT molecular complexity index is 1240. The SMILES string of the molecule is Nc1c(-c2cnn(Cc3ccc(Sc4ccccc4)nc3)c2)ccc[n+]1COP(=O)([O-])O. The fourth-order valence-electron chi connectivity index (χ4n) is 3.01. The maximum absolute atomic E-state index is 10.8. The Hall–Kier alpha value is -3.01. The van der Waals surface area contributed by atoms with Crippen LogP contribution in [0.2, 0.25) is 0 Å². The molecule has 0 aliphatic rings. The molecule has 0 radical (unpaired) electrons. The highest BCUT2D eigenvalue weighted by Gasteiger charge is 2.16. The van der Waals surface area contributed by atoms with Crippen LogP contribution in [-0.4, -0.2) is 19.7 Å². The number of anilines is 1. The highest BCUT2D eigenvalue weighted by atomic mass is 32.2. The summed E-state index contributed by atoms with van der Waals surface area (Å²) in [7, 11) is -4.85. The van der Waals surface area contributed by atoms with Gasteiger partial charge in [0.2, 0.25) is 0 Å². The summed E-state index contributed by atoms with van der Waals surface area (Å²) in [6, 6.07) is 17.5. The number of aromatic nitrogens is 4. The highest BCUT2D eigenvalue weighted by Crippen LogP contribution is 2.30. The molecule has 3 aromatic heterocycles. The second-order valence-electron chi connectivity index (χ2n) is 6.85. The molecule has 0 amide bonds. The summed E-state index contributed by atoms with van der Waals surface area (Å²) in [6.45, 7) is 0.104. The first kappa shape index (κ1) is 22.2. The lowest BCUT2D eigenvalue weighted by Gasteiger charge is -2.15.